The SMILES string of the molecule is O=C(c1cc(-c2ccccc2)on1)N1CCCC(OCc2cccnc2)C1. The Balaban J connectivity index is 1.38. The lowest BCUT2D eigenvalue weighted by atomic mass is 10.1. The van der Waals surface area contributed by atoms with Gasteiger partial charge in [-0.15, -0.1) is 0 Å². The molecule has 0 N–H and O–H groups in total. The van der Waals surface area contributed by atoms with E-state index in [1.807, 2.05) is 42.5 Å². The molecular weight excluding hydrogens is 342 g/mol. The van der Waals surface area contributed by atoms with Gasteiger partial charge in [-0.3, -0.25) is 9.78 Å². The molecule has 1 aliphatic heterocycles. The van der Waals surface area contributed by atoms with Crippen LogP contribution in [0.15, 0.2) is 65.4 Å². The van der Waals surface area contributed by atoms with Crippen molar-refractivity contribution in [2.45, 2.75) is 25.6 Å². The standard InChI is InChI=1S/C21H21N3O3/c25-21(19-12-20(27-23-19)17-7-2-1-3-8-17)24-11-5-9-18(14-24)26-15-16-6-4-10-22-13-16/h1-4,6-8,10,12-13,18H,5,9,11,14-15H2. The maximum atomic E-state index is 12.8. The molecular formula is C21H21N3O3. The summed E-state index contributed by atoms with van der Waals surface area (Å²) in [6.45, 7) is 1.77. The van der Waals surface area contributed by atoms with Crippen LogP contribution in [0.2, 0.25) is 0 Å². The number of rotatable bonds is 5. The van der Waals surface area contributed by atoms with Crippen LogP contribution in [0, 0.1) is 0 Å². The first-order chi connectivity index (χ1) is 13.3. The molecule has 1 atom stereocenters. The van der Waals surface area contributed by atoms with Crippen molar-refractivity contribution >= 4 is 5.91 Å². The zero-order chi connectivity index (χ0) is 18.5. The van der Waals surface area contributed by atoms with E-state index in [0.717, 1.165) is 24.0 Å². The van der Waals surface area contributed by atoms with Crippen molar-refractivity contribution in [3.8, 4) is 11.3 Å². The summed E-state index contributed by atoms with van der Waals surface area (Å²) in [6.07, 6.45) is 5.41. The summed E-state index contributed by atoms with van der Waals surface area (Å²) < 4.78 is 11.3. The lowest BCUT2D eigenvalue weighted by Crippen LogP contribution is -2.43. The number of aromatic nitrogens is 2. The molecule has 27 heavy (non-hydrogen) atoms. The molecule has 6 nitrogen and oxygen atoms in total. The van der Waals surface area contributed by atoms with Gasteiger partial charge >= 0.3 is 0 Å². The Morgan fingerprint density at radius 1 is 1.22 bits per heavy atom. The van der Waals surface area contributed by atoms with Crippen molar-refractivity contribution in [3.63, 3.8) is 0 Å². The van der Waals surface area contributed by atoms with Gasteiger partial charge in [0.25, 0.3) is 5.91 Å². The molecule has 6 heteroatoms. The molecule has 0 aliphatic carbocycles. The predicted molar refractivity (Wildman–Crippen MR) is 99.9 cm³/mol. The number of pyridine rings is 1. The topological polar surface area (TPSA) is 68.5 Å². The predicted octanol–water partition coefficient (Wildman–Crippen LogP) is 3.56. The summed E-state index contributed by atoms with van der Waals surface area (Å²) in [4.78, 5) is 18.7. The van der Waals surface area contributed by atoms with Gasteiger partial charge < -0.3 is 14.2 Å². The van der Waals surface area contributed by atoms with Crippen molar-refractivity contribution in [1.29, 1.82) is 0 Å². The number of nitrogens with zero attached hydrogens (tertiary/aromatic N) is 3. The van der Waals surface area contributed by atoms with E-state index in [-0.39, 0.29) is 12.0 Å². The van der Waals surface area contributed by atoms with E-state index >= 15 is 0 Å². The number of ether oxygens (including phenoxy) is 1. The van der Waals surface area contributed by atoms with Crippen LogP contribution in [-0.2, 0) is 11.3 Å². The van der Waals surface area contributed by atoms with Crippen LogP contribution in [0.1, 0.15) is 28.9 Å². The molecule has 1 unspecified atom stereocenters. The Labute approximate surface area is 157 Å². The van der Waals surface area contributed by atoms with E-state index in [1.54, 1.807) is 23.4 Å². The number of carbonyl (C=O) groups excluding carboxylic acids is 1. The normalized spacial score (nSPS) is 17.0. The molecule has 0 radical (unpaired) electrons. The zero-order valence-corrected chi connectivity index (χ0v) is 15.0. The molecule has 4 rings (SSSR count). The van der Waals surface area contributed by atoms with E-state index in [9.17, 15) is 4.79 Å². The molecule has 3 aromatic rings. The number of benzene rings is 1. The van der Waals surface area contributed by atoms with Gasteiger partial charge in [0.15, 0.2) is 11.5 Å². The van der Waals surface area contributed by atoms with Gasteiger partial charge in [0.05, 0.1) is 12.7 Å². The van der Waals surface area contributed by atoms with Crippen molar-refractivity contribution in [1.82, 2.24) is 15.0 Å². The van der Waals surface area contributed by atoms with Gasteiger partial charge in [-0.1, -0.05) is 41.6 Å². The minimum absolute atomic E-state index is 0.0170. The average Bonchev–Trinajstić information content (AvgIpc) is 3.24. The van der Waals surface area contributed by atoms with Crippen LogP contribution in [0.25, 0.3) is 11.3 Å². The lowest BCUT2D eigenvalue weighted by Gasteiger charge is -2.32. The third-order valence-electron chi connectivity index (χ3n) is 4.66. The summed E-state index contributed by atoms with van der Waals surface area (Å²) in [5.74, 6) is 0.482. The Morgan fingerprint density at radius 2 is 2.11 bits per heavy atom. The van der Waals surface area contributed by atoms with Crippen LogP contribution in [0.4, 0.5) is 0 Å². The molecule has 1 aromatic carbocycles. The van der Waals surface area contributed by atoms with Gasteiger partial charge in [0.1, 0.15) is 0 Å². The quantitative estimate of drug-likeness (QED) is 0.693. The van der Waals surface area contributed by atoms with Crippen LogP contribution < -0.4 is 0 Å². The highest BCUT2D eigenvalue weighted by atomic mass is 16.5. The van der Waals surface area contributed by atoms with Crippen molar-refractivity contribution in [2.24, 2.45) is 0 Å². The van der Waals surface area contributed by atoms with Crippen molar-refractivity contribution < 1.29 is 14.1 Å². The molecule has 1 amide bonds. The van der Waals surface area contributed by atoms with E-state index in [4.69, 9.17) is 9.26 Å². The molecule has 3 heterocycles. The molecule has 1 saturated heterocycles. The lowest BCUT2D eigenvalue weighted by molar-refractivity contribution is -0.00707. The number of hydrogen-bond donors (Lipinski definition) is 0. The smallest absolute Gasteiger partial charge is 0.276 e. The highest BCUT2D eigenvalue weighted by Gasteiger charge is 2.27. The van der Waals surface area contributed by atoms with Gasteiger partial charge in [-0.05, 0) is 24.5 Å². The van der Waals surface area contributed by atoms with Crippen molar-refractivity contribution in [3.05, 3.63) is 72.2 Å². The number of amides is 1. The summed E-state index contributed by atoms with van der Waals surface area (Å²) in [6, 6.07) is 15.2. The second kappa shape index (κ2) is 8.14. The molecule has 1 aliphatic rings. The summed E-state index contributed by atoms with van der Waals surface area (Å²) in [5, 5.41) is 3.97. The van der Waals surface area contributed by atoms with Gasteiger partial charge in [-0.2, -0.15) is 0 Å². The Hall–Kier alpha value is -2.99. The second-order valence-corrected chi connectivity index (χ2v) is 6.63. The minimum Gasteiger partial charge on any atom is -0.372 e. The van der Waals surface area contributed by atoms with E-state index in [1.165, 1.54) is 0 Å². The highest BCUT2D eigenvalue weighted by Crippen LogP contribution is 2.22. The summed E-state index contributed by atoms with van der Waals surface area (Å²) >= 11 is 0. The number of hydrogen-bond acceptors (Lipinski definition) is 5. The maximum Gasteiger partial charge on any atom is 0.276 e. The molecule has 0 bridgehead atoms. The number of piperidine rings is 1. The van der Waals surface area contributed by atoms with Gasteiger partial charge in [0.2, 0.25) is 0 Å². The van der Waals surface area contributed by atoms with Crippen LogP contribution in [-0.4, -0.2) is 40.1 Å². The summed E-state index contributed by atoms with van der Waals surface area (Å²) in [7, 11) is 0. The Kier molecular flexibility index (Phi) is 5.25. The van der Waals surface area contributed by atoms with Gasteiger partial charge in [-0.25, -0.2) is 0 Å². The minimum atomic E-state index is -0.115. The zero-order valence-electron chi connectivity index (χ0n) is 15.0. The van der Waals surface area contributed by atoms with Crippen LogP contribution >= 0.6 is 0 Å². The molecule has 0 spiro atoms. The third kappa shape index (κ3) is 4.23. The first-order valence-corrected chi connectivity index (χ1v) is 9.11. The van der Waals surface area contributed by atoms with Crippen LogP contribution in [0.3, 0.4) is 0 Å². The van der Waals surface area contributed by atoms with E-state index in [0.29, 0.717) is 31.2 Å². The summed E-state index contributed by atoms with van der Waals surface area (Å²) in [5.41, 5.74) is 2.27. The average molecular weight is 363 g/mol. The fourth-order valence-electron chi connectivity index (χ4n) is 3.23. The molecule has 138 valence electrons. The molecule has 0 saturated carbocycles. The second-order valence-electron chi connectivity index (χ2n) is 6.63. The number of carbonyl (C=O) groups is 1. The van der Waals surface area contributed by atoms with E-state index in [2.05, 4.69) is 10.1 Å². The third-order valence-corrected chi connectivity index (χ3v) is 4.66. The first-order valence-electron chi connectivity index (χ1n) is 9.11. The highest BCUT2D eigenvalue weighted by molar-refractivity contribution is 5.93. The molecule has 1 fully saturated rings. The largest absolute Gasteiger partial charge is 0.372 e. The maximum absolute atomic E-state index is 12.8. The number of likely N-dealkylation sites (tertiary alicyclic amines) is 1. The fraction of sp³-hybridized carbons (Fsp3) is 0.286. The van der Waals surface area contributed by atoms with E-state index < -0.39 is 0 Å². The van der Waals surface area contributed by atoms with Crippen LogP contribution in [0.5, 0.6) is 0 Å². The first kappa shape index (κ1) is 17.4. The van der Waals surface area contributed by atoms with Gasteiger partial charge in [0, 0.05) is 37.1 Å². The monoisotopic (exact) mass is 363 g/mol. The van der Waals surface area contributed by atoms with Crippen molar-refractivity contribution in [2.75, 3.05) is 13.1 Å². The molecule has 2 aromatic heterocycles. The fourth-order valence-corrected chi connectivity index (χ4v) is 3.23. The Bertz CT molecular complexity index is 880. The Morgan fingerprint density at radius 3 is 2.93 bits per heavy atom.